The molecule has 3 heteroatoms. The van der Waals surface area contributed by atoms with E-state index in [1.165, 1.54) is 75.8 Å². The van der Waals surface area contributed by atoms with Crippen molar-refractivity contribution in [1.82, 2.24) is 9.97 Å². The van der Waals surface area contributed by atoms with Crippen molar-refractivity contribution in [3.63, 3.8) is 0 Å². The maximum absolute atomic E-state index is 5.62. The van der Waals surface area contributed by atoms with Gasteiger partial charge in [0.05, 0.1) is 22.8 Å². The van der Waals surface area contributed by atoms with Gasteiger partial charge in [-0.2, -0.15) is 0 Å². The first kappa shape index (κ1) is 36.0. The molecular formula is C58H42N2S. The Kier molecular flexibility index (Phi) is 7.83. The second-order valence-corrected chi connectivity index (χ2v) is 18.7. The zero-order chi connectivity index (χ0) is 41.0. The first-order valence-corrected chi connectivity index (χ1v) is 22.1. The molecule has 0 bridgehead atoms. The van der Waals surface area contributed by atoms with Crippen LogP contribution in [0, 0.1) is 0 Å². The minimum absolute atomic E-state index is 0.0660. The number of hydrogen-bond donors (Lipinski definition) is 0. The Bertz CT molecular complexity index is 3390. The third kappa shape index (κ3) is 5.33. The van der Waals surface area contributed by atoms with Crippen LogP contribution >= 0.6 is 11.3 Å². The van der Waals surface area contributed by atoms with Crippen molar-refractivity contribution in [2.24, 2.45) is 0 Å². The predicted octanol–water partition coefficient (Wildman–Crippen LogP) is 15.8. The van der Waals surface area contributed by atoms with Crippen LogP contribution in [0.25, 0.3) is 98.6 Å². The fourth-order valence-electron chi connectivity index (χ4n) is 10.4. The Labute approximate surface area is 360 Å². The normalized spacial score (nSPS) is 14.2. The van der Waals surface area contributed by atoms with Gasteiger partial charge in [0.2, 0.25) is 0 Å². The molecule has 290 valence electrons. The summed E-state index contributed by atoms with van der Waals surface area (Å²) < 4.78 is 2.48. The fraction of sp³-hybridized carbons (Fsp3) is 0.103. The molecule has 0 radical (unpaired) electrons. The van der Waals surface area contributed by atoms with Gasteiger partial charge >= 0.3 is 0 Å². The molecule has 8 aromatic carbocycles. The van der Waals surface area contributed by atoms with Gasteiger partial charge in [-0.3, -0.25) is 0 Å². The minimum atomic E-state index is -0.127. The summed E-state index contributed by atoms with van der Waals surface area (Å²) in [6, 6.07) is 66.2. The van der Waals surface area contributed by atoms with Crippen molar-refractivity contribution in [1.29, 1.82) is 0 Å². The molecule has 0 saturated carbocycles. The van der Waals surface area contributed by atoms with Gasteiger partial charge in [-0.25, -0.2) is 9.97 Å². The van der Waals surface area contributed by atoms with Crippen LogP contribution in [0.15, 0.2) is 182 Å². The number of fused-ring (bicyclic) bond motifs is 9. The van der Waals surface area contributed by atoms with Crippen LogP contribution in [0.1, 0.15) is 49.9 Å². The maximum atomic E-state index is 5.62. The van der Waals surface area contributed by atoms with Gasteiger partial charge in [0, 0.05) is 53.3 Å². The Morgan fingerprint density at radius 2 is 0.852 bits per heavy atom. The number of aromatic nitrogens is 2. The second kappa shape index (κ2) is 13.3. The van der Waals surface area contributed by atoms with Gasteiger partial charge in [-0.15, -0.1) is 11.3 Å². The lowest BCUT2D eigenvalue weighted by molar-refractivity contribution is 0.652. The van der Waals surface area contributed by atoms with Gasteiger partial charge in [0.25, 0.3) is 0 Å². The standard InChI is InChI=1S/C58H42N2S/c1-57(2)46-28-15-14-24-40(46)43-33-49-45(34-48(43)57)51-39(25-17-29-47(51)58(49,3)4)38-30-31-50-44(32-38)41-26-16-27-42(56(41)61-50)55-54(37-22-12-7-13-23-37)59-52(35-18-8-5-9-19-35)53(60-55)36-20-10-6-11-21-36/h5-34H,1-4H3. The molecule has 2 aliphatic rings. The molecule has 0 N–H and O–H groups in total. The molecule has 0 atom stereocenters. The SMILES string of the molecule is CC1(C)c2ccccc2-c2cc3c(cc21)-c1c(-c2ccc4sc5c(-c6nc(-c7ccccc7)c(-c7ccccc7)nc6-c6ccccc6)cccc5c4c2)cccc1C3(C)C. The maximum Gasteiger partial charge on any atom is 0.0987 e. The molecule has 61 heavy (non-hydrogen) atoms. The average molecular weight is 799 g/mol. The Morgan fingerprint density at radius 3 is 1.54 bits per heavy atom. The molecule has 0 spiro atoms. The topological polar surface area (TPSA) is 25.8 Å². The third-order valence-corrected chi connectivity index (χ3v) is 14.7. The van der Waals surface area contributed by atoms with E-state index in [4.69, 9.17) is 9.97 Å². The second-order valence-electron chi connectivity index (χ2n) is 17.7. The molecular weight excluding hydrogens is 757 g/mol. The smallest absolute Gasteiger partial charge is 0.0987 e. The van der Waals surface area contributed by atoms with E-state index < -0.39 is 0 Å². The molecule has 0 saturated heterocycles. The van der Waals surface area contributed by atoms with Crippen LogP contribution in [0.2, 0.25) is 0 Å². The average Bonchev–Trinajstić information content (AvgIpc) is 3.88. The summed E-state index contributed by atoms with van der Waals surface area (Å²) in [6.45, 7) is 9.57. The summed E-state index contributed by atoms with van der Waals surface area (Å²) >= 11 is 1.85. The lowest BCUT2D eigenvalue weighted by Crippen LogP contribution is -2.16. The molecule has 2 aliphatic carbocycles. The van der Waals surface area contributed by atoms with E-state index in [0.29, 0.717) is 0 Å². The van der Waals surface area contributed by atoms with Crippen molar-refractivity contribution in [3.05, 3.63) is 204 Å². The highest BCUT2D eigenvalue weighted by atomic mass is 32.1. The van der Waals surface area contributed by atoms with Gasteiger partial charge < -0.3 is 0 Å². The van der Waals surface area contributed by atoms with Crippen molar-refractivity contribution < 1.29 is 0 Å². The van der Waals surface area contributed by atoms with E-state index in [0.717, 1.165) is 45.0 Å². The minimum Gasteiger partial charge on any atom is -0.243 e. The molecule has 12 rings (SSSR count). The lowest BCUT2D eigenvalue weighted by Gasteiger charge is -2.24. The van der Waals surface area contributed by atoms with E-state index >= 15 is 0 Å². The van der Waals surface area contributed by atoms with Gasteiger partial charge in [0.1, 0.15) is 0 Å². The van der Waals surface area contributed by atoms with Crippen LogP contribution < -0.4 is 0 Å². The largest absolute Gasteiger partial charge is 0.243 e. The summed E-state index contributed by atoms with van der Waals surface area (Å²) in [6.07, 6.45) is 0. The summed E-state index contributed by atoms with van der Waals surface area (Å²) in [4.78, 5) is 11.1. The summed E-state index contributed by atoms with van der Waals surface area (Å²) in [5.41, 5.74) is 21.2. The van der Waals surface area contributed by atoms with Crippen molar-refractivity contribution >= 4 is 31.5 Å². The van der Waals surface area contributed by atoms with E-state index in [9.17, 15) is 0 Å². The quantitative estimate of drug-likeness (QED) is 0.173. The molecule has 0 fully saturated rings. The van der Waals surface area contributed by atoms with Crippen molar-refractivity contribution in [3.8, 4) is 78.4 Å². The molecule has 2 heterocycles. The van der Waals surface area contributed by atoms with Crippen molar-refractivity contribution in [2.75, 3.05) is 0 Å². The number of benzene rings is 8. The van der Waals surface area contributed by atoms with Crippen LogP contribution in [-0.2, 0) is 10.8 Å². The molecule has 2 nitrogen and oxygen atoms in total. The van der Waals surface area contributed by atoms with Crippen molar-refractivity contribution in [2.45, 2.75) is 38.5 Å². The van der Waals surface area contributed by atoms with E-state index in [1.807, 2.05) is 11.3 Å². The van der Waals surface area contributed by atoms with Gasteiger partial charge in [0.15, 0.2) is 0 Å². The highest BCUT2D eigenvalue weighted by Crippen LogP contribution is 2.58. The predicted molar refractivity (Wildman–Crippen MR) is 257 cm³/mol. The zero-order valence-electron chi connectivity index (χ0n) is 34.6. The van der Waals surface area contributed by atoms with Crippen LogP contribution in [0.3, 0.4) is 0 Å². The zero-order valence-corrected chi connectivity index (χ0v) is 35.4. The van der Waals surface area contributed by atoms with Crippen LogP contribution in [-0.4, -0.2) is 9.97 Å². The Hall–Kier alpha value is -6.94. The first-order valence-electron chi connectivity index (χ1n) is 21.2. The number of thiophene rings is 1. The fourth-order valence-corrected chi connectivity index (χ4v) is 11.6. The highest BCUT2D eigenvalue weighted by Gasteiger charge is 2.42. The summed E-state index contributed by atoms with van der Waals surface area (Å²) in [5.74, 6) is 0. The summed E-state index contributed by atoms with van der Waals surface area (Å²) in [5, 5.41) is 2.50. The number of rotatable bonds is 5. The monoisotopic (exact) mass is 798 g/mol. The van der Waals surface area contributed by atoms with Gasteiger partial charge in [-0.1, -0.05) is 185 Å². The third-order valence-electron chi connectivity index (χ3n) is 13.5. The van der Waals surface area contributed by atoms with Gasteiger partial charge in [-0.05, 0) is 79.9 Å². The summed E-state index contributed by atoms with van der Waals surface area (Å²) in [7, 11) is 0. The van der Waals surface area contributed by atoms with E-state index in [2.05, 4.69) is 210 Å². The van der Waals surface area contributed by atoms with Crippen LogP contribution in [0.5, 0.6) is 0 Å². The van der Waals surface area contributed by atoms with Crippen LogP contribution in [0.4, 0.5) is 0 Å². The molecule has 0 amide bonds. The van der Waals surface area contributed by atoms with E-state index in [-0.39, 0.29) is 10.8 Å². The number of nitrogens with zero attached hydrogens (tertiary/aromatic N) is 2. The molecule has 0 aliphatic heterocycles. The Morgan fingerprint density at radius 1 is 0.344 bits per heavy atom. The number of hydrogen-bond acceptors (Lipinski definition) is 3. The van der Waals surface area contributed by atoms with E-state index in [1.54, 1.807) is 0 Å². The Balaban J connectivity index is 1.05. The first-order chi connectivity index (χ1) is 29.8. The lowest BCUT2D eigenvalue weighted by atomic mass is 9.79. The molecule has 10 aromatic rings. The highest BCUT2D eigenvalue weighted by molar-refractivity contribution is 7.26. The molecule has 0 unspecified atom stereocenters. The molecule has 2 aromatic heterocycles.